The summed E-state index contributed by atoms with van der Waals surface area (Å²) in [6.07, 6.45) is 1.44. The van der Waals surface area contributed by atoms with Crippen LogP contribution >= 0.6 is 0 Å². The fourth-order valence-electron chi connectivity index (χ4n) is 3.72. The second kappa shape index (κ2) is 8.64. The summed E-state index contributed by atoms with van der Waals surface area (Å²) in [5.41, 5.74) is 4.48. The number of nitrogens with one attached hydrogen (secondary N) is 1. The van der Waals surface area contributed by atoms with E-state index in [0.29, 0.717) is 23.4 Å². The molecule has 0 bridgehead atoms. The van der Waals surface area contributed by atoms with E-state index in [-0.39, 0.29) is 4.90 Å². The van der Waals surface area contributed by atoms with Gasteiger partial charge in [0.2, 0.25) is 10.0 Å². The van der Waals surface area contributed by atoms with Gasteiger partial charge in [0.15, 0.2) is 0 Å². The Kier molecular flexibility index (Phi) is 6.02. The fourth-order valence-corrected chi connectivity index (χ4v) is 5.70. The van der Waals surface area contributed by atoms with Crippen molar-refractivity contribution in [1.29, 1.82) is 0 Å². The monoisotopic (exact) mass is 483 g/mol. The maximum absolute atomic E-state index is 13.6. The summed E-state index contributed by atoms with van der Waals surface area (Å²) in [7, 11) is -7.35. The van der Waals surface area contributed by atoms with E-state index in [2.05, 4.69) is 9.82 Å². The molecule has 0 saturated heterocycles. The average Bonchev–Trinajstić information content (AvgIpc) is 3.20. The first-order chi connectivity index (χ1) is 15.5. The first-order valence-electron chi connectivity index (χ1n) is 10.4. The highest BCUT2D eigenvalue weighted by Crippen LogP contribution is 2.37. The van der Waals surface area contributed by atoms with Crippen LogP contribution in [-0.2, 0) is 20.0 Å². The third-order valence-corrected chi connectivity index (χ3v) is 7.70. The molecule has 3 aromatic carbocycles. The fraction of sp³-hybridized carbons (Fsp3) is 0.208. The summed E-state index contributed by atoms with van der Waals surface area (Å²) < 4.78 is 54.0. The minimum Gasteiger partial charge on any atom is -0.284 e. The Morgan fingerprint density at radius 1 is 0.879 bits per heavy atom. The highest BCUT2D eigenvalue weighted by atomic mass is 32.2. The van der Waals surface area contributed by atoms with Crippen LogP contribution in [0.4, 0.5) is 5.69 Å². The van der Waals surface area contributed by atoms with Crippen LogP contribution in [0, 0.1) is 13.8 Å². The molecular weight excluding hydrogens is 458 g/mol. The molecule has 0 fully saturated rings. The standard InChI is InChI=1S/C24H25N3O4S2/c1-17-7-11-19(12-8-17)24-16-23(20-5-4-6-21(15-20)26-32(3,28)29)25-27(24)33(30,31)22-13-9-18(2)10-14-22/h4-15,24,26H,16H2,1-3H3/t24-/m0/s1. The van der Waals surface area contributed by atoms with Gasteiger partial charge < -0.3 is 0 Å². The highest BCUT2D eigenvalue weighted by molar-refractivity contribution is 7.92. The Balaban J connectivity index is 1.78. The second-order valence-corrected chi connectivity index (χ2v) is 11.8. The van der Waals surface area contributed by atoms with Crippen molar-refractivity contribution < 1.29 is 16.8 Å². The van der Waals surface area contributed by atoms with Crippen molar-refractivity contribution in [1.82, 2.24) is 4.41 Å². The van der Waals surface area contributed by atoms with Crippen molar-refractivity contribution in [2.75, 3.05) is 11.0 Å². The number of aryl methyl sites for hydroxylation is 2. The molecule has 172 valence electrons. The minimum absolute atomic E-state index is 0.169. The van der Waals surface area contributed by atoms with Crippen LogP contribution in [0.3, 0.4) is 0 Å². The molecule has 7 nitrogen and oxygen atoms in total. The van der Waals surface area contributed by atoms with E-state index in [1.165, 1.54) is 4.41 Å². The van der Waals surface area contributed by atoms with Crippen LogP contribution in [0.25, 0.3) is 0 Å². The van der Waals surface area contributed by atoms with Gasteiger partial charge in [0.05, 0.1) is 22.9 Å². The van der Waals surface area contributed by atoms with Crippen LogP contribution in [-0.4, -0.2) is 33.2 Å². The van der Waals surface area contributed by atoms with Crippen LogP contribution in [0.2, 0.25) is 0 Å². The Morgan fingerprint density at radius 3 is 2.09 bits per heavy atom. The van der Waals surface area contributed by atoms with Crippen molar-refractivity contribution in [3.8, 4) is 0 Å². The molecule has 1 heterocycles. The number of rotatable bonds is 6. The molecule has 1 aliphatic rings. The van der Waals surface area contributed by atoms with Gasteiger partial charge in [-0.05, 0) is 49.2 Å². The summed E-state index contributed by atoms with van der Waals surface area (Å²) in [5, 5.41) is 4.53. The van der Waals surface area contributed by atoms with E-state index >= 15 is 0 Å². The third-order valence-electron chi connectivity index (χ3n) is 5.40. The maximum Gasteiger partial charge on any atom is 0.279 e. The van der Waals surface area contributed by atoms with Crippen molar-refractivity contribution in [2.24, 2.45) is 5.10 Å². The van der Waals surface area contributed by atoms with Gasteiger partial charge in [-0.15, -0.1) is 0 Å². The zero-order valence-corrected chi connectivity index (χ0v) is 20.2. The van der Waals surface area contributed by atoms with Gasteiger partial charge in [0.1, 0.15) is 0 Å². The topological polar surface area (TPSA) is 95.9 Å². The van der Waals surface area contributed by atoms with Gasteiger partial charge in [0, 0.05) is 12.1 Å². The zero-order chi connectivity index (χ0) is 23.8. The van der Waals surface area contributed by atoms with Gasteiger partial charge in [-0.2, -0.15) is 17.9 Å². The second-order valence-electron chi connectivity index (χ2n) is 8.22. The molecule has 1 atom stereocenters. The normalized spacial score (nSPS) is 16.5. The SMILES string of the molecule is Cc1ccc([C@@H]2CC(c3cccc(NS(C)(=O)=O)c3)=NN2S(=O)(=O)c2ccc(C)cc2)cc1. The number of hydrogen-bond donors (Lipinski definition) is 1. The summed E-state index contributed by atoms with van der Waals surface area (Å²) in [4.78, 5) is 0.169. The van der Waals surface area contributed by atoms with E-state index in [0.717, 1.165) is 22.9 Å². The summed E-state index contributed by atoms with van der Waals surface area (Å²) >= 11 is 0. The molecule has 0 saturated carbocycles. The predicted molar refractivity (Wildman–Crippen MR) is 130 cm³/mol. The molecule has 3 aromatic rings. The van der Waals surface area contributed by atoms with Gasteiger partial charge in [-0.3, -0.25) is 4.72 Å². The molecular formula is C24H25N3O4S2. The first-order valence-corrected chi connectivity index (χ1v) is 13.7. The third kappa shape index (κ3) is 5.09. The minimum atomic E-state index is -3.91. The molecule has 4 rings (SSSR count). The van der Waals surface area contributed by atoms with Crippen LogP contribution in [0.5, 0.6) is 0 Å². The Bertz CT molecular complexity index is 1410. The number of hydrogen-bond acceptors (Lipinski definition) is 5. The Morgan fingerprint density at radius 2 is 1.48 bits per heavy atom. The first kappa shape index (κ1) is 23.0. The van der Waals surface area contributed by atoms with Crippen LogP contribution in [0.15, 0.2) is 82.8 Å². The Labute approximate surface area is 194 Å². The summed E-state index contributed by atoms with van der Waals surface area (Å²) in [6, 6.07) is 20.7. The van der Waals surface area contributed by atoms with Crippen molar-refractivity contribution in [3.05, 3.63) is 95.1 Å². The maximum atomic E-state index is 13.6. The number of hydrazone groups is 1. The quantitative estimate of drug-likeness (QED) is 0.568. The molecule has 1 aliphatic heterocycles. The van der Waals surface area contributed by atoms with Crippen LogP contribution in [0.1, 0.15) is 34.7 Å². The lowest BCUT2D eigenvalue weighted by atomic mass is 9.98. The molecule has 1 N–H and O–H groups in total. The lowest BCUT2D eigenvalue weighted by molar-refractivity contribution is 0.371. The molecule has 33 heavy (non-hydrogen) atoms. The van der Waals surface area contributed by atoms with E-state index in [1.807, 2.05) is 38.1 Å². The predicted octanol–water partition coefficient (Wildman–Crippen LogP) is 4.21. The molecule has 0 aromatic heterocycles. The lowest BCUT2D eigenvalue weighted by Crippen LogP contribution is -2.27. The van der Waals surface area contributed by atoms with E-state index in [9.17, 15) is 16.8 Å². The molecule has 9 heteroatoms. The Hall–Kier alpha value is -3.17. The largest absolute Gasteiger partial charge is 0.284 e. The smallest absolute Gasteiger partial charge is 0.279 e. The molecule has 0 unspecified atom stereocenters. The van der Waals surface area contributed by atoms with Crippen molar-refractivity contribution in [2.45, 2.75) is 31.2 Å². The van der Waals surface area contributed by atoms with Gasteiger partial charge >= 0.3 is 0 Å². The lowest BCUT2D eigenvalue weighted by Gasteiger charge is -2.23. The van der Waals surface area contributed by atoms with Gasteiger partial charge in [-0.1, -0.05) is 59.7 Å². The van der Waals surface area contributed by atoms with Gasteiger partial charge in [0.25, 0.3) is 10.0 Å². The number of benzene rings is 3. The average molecular weight is 484 g/mol. The number of sulfonamides is 2. The number of nitrogens with zero attached hydrogens (tertiary/aromatic N) is 2. The van der Waals surface area contributed by atoms with Gasteiger partial charge in [-0.25, -0.2) is 8.42 Å². The molecule has 0 aliphatic carbocycles. The van der Waals surface area contributed by atoms with Crippen LogP contribution < -0.4 is 4.72 Å². The zero-order valence-electron chi connectivity index (χ0n) is 18.6. The molecule has 0 radical (unpaired) electrons. The summed E-state index contributed by atoms with van der Waals surface area (Å²) in [5.74, 6) is 0. The van der Waals surface area contributed by atoms with Crippen molar-refractivity contribution >= 4 is 31.4 Å². The van der Waals surface area contributed by atoms with E-state index in [1.54, 1.807) is 48.5 Å². The summed E-state index contributed by atoms with van der Waals surface area (Å²) in [6.45, 7) is 3.87. The number of anilines is 1. The molecule has 0 spiro atoms. The highest BCUT2D eigenvalue weighted by Gasteiger charge is 2.37. The van der Waals surface area contributed by atoms with E-state index < -0.39 is 26.1 Å². The van der Waals surface area contributed by atoms with E-state index in [4.69, 9.17) is 0 Å². The molecule has 0 amide bonds. The van der Waals surface area contributed by atoms with Crippen molar-refractivity contribution in [3.63, 3.8) is 0 Å².